The van der Waals surface area contributed by atoms with Crippen molar-refractivity contribution in [3.8, 4) is 0 Å². The van der Waals surface area contributed by atoms with Gasteiger partial charge in [-0.3, -0.25) is 4.79 Å². The summed E-state index contributed by atoms with van der Waals surface area (Å²) in [6, 6.07) is 22.1. The molecule has 3 aromatic carbocycles. The van der Waals surface area contributed by atoms with Crippen molar-refractivity contribution in [2.75, 3.05) is 5.32 Å². The number of halogens is 1. The molecule has 0 aliphatic heterocycles. The van der Waals surface area contributed by atoms with Crippen molar-refractivity contribution < 1.29 is 14.7 Å². The van der Waals surface area contributed by atoms with Crippen LogP contribution in [-0.2, 0) is 5.75 Å². The molecule has 0 spiro atoms. The number of carbonyl (C=O) groups is 2. The van der Waals surface area contributed by atoms with E-state index < -0.39 is 5.97 Å². The monoisotopic (exact) mass is 441 g/mol. The molecule has 136 valence electrons. The Labute approximate surface area is 169 Å². The van der Waals surface area contributed by atoms with Crippen molar-refractivity contribution in [3.05, 3.63) is 94.0 Å². The Morgan fingerprint density at radius 3 is 2.48 bits per heavy atom. The average Bonchev–Trinajstić information content (AvgIpc) is 2.68. The van der Waals surface area contributed by atoms with E-state index in [1.54, 1.807) is 30.0 Å². The normalized spacial score (nSPS) is 10.4. The van der Waals surface area contributed by atoms with Crippen molar-refractivity contribution in [1.82, 2.24) is 0 Å². The van der Waals surface area contributed by atoms with Crippen LogP contribution in [0.25, 0.3) is 0 Å². The Morgan fingerprint density at radius 2 is 1.74 bits per heavy atom. The second-order valence-corrected chi connectivity index (χ2v) is 7.72. The Hall–Kier alpha value is -2.57. The lowest BCUT2D eigenvalue weighted by atomic mass is 10.1. The molecule has 1 amide bonds. The van der Waals surface area contributed by atoms with Crippen LogP contribution in [0, 0.1) is 0 Å². The lowest BCUT2D eigenvalue weighted by Gasteiger charge is -2.10. The molecule has 0 aliphatic carbocycles. The van der Waals surface area contributed by atoms with Crippen LogP contribution in [-0.4, -0.2) is 17.0 Å². The topological polar surface area (TPSA) is 66.4 Å². The first-order valence-corrected chi connectivity index (χ1v) is 9.92. The predicted molar refractivity (Wildman–Crippen MR) is 111 cm³/mol. The third-order valence-electron chi connectivity index (χ3n) is 3.80. The van der Waals surface area contributed by atoms with Crippen LogP contribution in [0.4, 0.5) is 5.69 Å². The molecule has 0 radical (unpaired) electrons. The van der Waals surface area contributed by atoms with E-state index in [0.717, 1.165) is 10.6 Å². The number of carboxylic acid groups (broad SMARTS) is 1. The summed E-state index contributed by atoms with van der Waals surface area (Å²) < 4.78 is 0.636. The summed E-state index contributed by atoms with van der Waals surface area (Å²) >= 11 is 4.88. The highest BCUT2D eigenvalue weighted by Gasteiger charge is 2.14. The molecule has 0 saturated carbocycles. The maximum Gasteiger partial charge on any atom is 0.337 e. The molecule has 0 unspecified atom stereocenters. The molecular formula is C21H16BrNO3S. The first-order valence-electron chi connectivity index (χ1n) is 8.14. The van der Waals surface area contributed by atoms with E-state index in [1.165, 1.54) is 11.6 Å². The van der Waals surface area contributed by atoms with Crippen LogP contribution in [0.5, 0.6) is 0 Å². The van der Waals surface area contributed by atoms with E-state index in [9.17, 15) is 14.7 Å². The molecule has 3 aromatic rings. The third kappa shape index (κ3) is 5.21. The average molecular weight is 442 g/mol. The van der Waals surface area contributed by atoms with Gasteiger partial charge in [-0.25, -0.2) is 4.79 Å². The number of thioether (sulfide) groups is 1. The van der Waals surface area contributed by atoms with Gasteiger partial charge in [0.2, 0.25) is 0 Å². The second kappa shape index (κ2) is 8.88. The third-order valence-corrected chi connectivity index (χ3v) is 5.36. The van der Waals surface area contributed by atoms with Gasteiger partial charge in [0.05, 0.1) is 11.3 Å². The highest BCUT2D eigenvalue weighted by Crippen LogP contribution is 2.25. The number of rotatable bonds is 6. The molecule has 0 fully saturated rings. The standard InChI is InChI=1S/C21H16BrNO3S/c22-16-9-10-19(18(12-16)21(25)26)23-20(24)15-7-4-8-17(11-15)27-13-14-5-2-1-3-6-14/h1-12H,13H2,(H,23,24)(H,25,26). The number of hydrogen-bond acceptors (Lipinski definition) is 3. The largest absolute Gasteiger partial charge is 0.478 e. The summed E-state index contributed by atoms with van der Waals surface area (Å²) in [5, 5.41) is 12.0. The molecule has 3 rings (SSSR count). The number of hydrogen-bond donors (Lipinski definition) is 2. The van der Waals surface area contributed by atoms with Gasteiger partial charge in [-0.05, 0) is 42.0 Å². The molecule has 0 atom stereocenters. The summed E-state index contributed by atoms with van der Waals surface area (Å²) in [7, 11) is 0. The van der Waals surface area contributed by atoms with E-state index in [4.69, 9.17) is 0 Å². The summed E-state index contributed by atoms with van der Waals surface area (Å²) in [6.07, 6.45) is 0. The lowest BCUT2D eigenvalue weighted by molar-refractivity contribution is 0.0698. The van der Waals surface area contributed by atoms with E-state index >= 15 is 0 Å². The van der Waals surface area contributed by atoms with Crippen molar-refractivity contribution >= 4 is 45.3 Å². The van der Waals surface area contributed by atoms with Crippen LogP contribution >= 0.6 is 27.7 Å². The Morgan fingerprint density at radius 1 is 0.963 bits per heavy atom. The highest BCUT2D eigenvalue weighted by atomic mass is 79.9. The van der Waals surface area contributed by atoms with E-state index in [1.807, 2.05) is 36.4 Å². The van der Waals surface area contributed by atoms with Crippen LogP contribution in [0.1, 0.15) is 26.3 Å². The van der Waals surface area contributed by atoms with Crippen molar-refractivity contribution in [2.45, 2.75) is 10.6 Å². The van der Waals surface area contributed by atoms with Gasteiger partial charge in [0.15, 0.2) is 0 Å². The van der Waals surface area contributed by atoms with Gasteiger partial charge >= 0.3 is 5.97 Å². The van der Waals surface area contributed by atoms with Crippen LogP contribution in [0.2, 0.25) is 0 Å². The maximum atomic E-state index is 12.6. The van der Waals surface area contributed by atoms with E-state index in [2.05, 4.69) is 33.4 Å². The fourth-order valence-electron chi connectivity index (χ4n) is 2.46. The van der Waals surface area contributed by atoms with Gasteiger partial charge in [0.25, 0.3) is 5.91 Å². The molecule has 0 saturated heterocycles. The SMILES string of the molecule is O=C(Nc1ccc(Br)cc1C(=O)O)c1cccc(SCc2ccccc2)c1. The smallest absolute Gasteiger partial charge is 0.337 e. The first-order chi connectivity index (χ1) is 13.0. The van der Waals surface area contributed by atoms with Gasteiger partial charge < -0.3 is 10.4 Å². The minimum Gasteiger partial charge on any atom is -0.478 e. The van der Waals surface area contributed by atoms with E-state index in [0.29, 0.717) is 10.0 Å². The molecule has 27 heavy (non-hydrogen) atoms. The molecule has 0 aliphatic rings. The quantitative estimate of drug-likeness (QED) is 0.482. The molecule has 0 aromatic heterocycles. The zero-order valence-corrected chi connectivity index (χ0v) is 16.6. The number of amides is 1. The van der Waals surface area contributed by atoms with Crippen molar-refractivity contribution in [1.29, 1.82) is 0 Å². The Bertz CT molecular complexity index is 976. The van der Waals surface area contributed by atoms with E-state index in [-0.39, 0.29) is 17.2 Å². The Kier molecular flexibility index (Phi) is 6.32. The van der Waals surface area contributed by atoms with Crippen LogP contribution < -0.4 is 5.32 Å². The second-order valence-electron chi connectivity index (χ2n) is 5.75. The minimum atomic E-state index is -1.10. The molecule has 4 nitrogen and oxygen atoms in total. The zero-order valence-electron chi connectivity index (χ0n) is 14.2. The van der Waals surface area contributed by atoms with Gasteiger partial charge in [0, 0.05) is 20.7 Å². The highest BCUT2D eigenvalue weighted by molar-refractivity contribution is 9.10. The van der Waals surface area contributed by atoms with Gasteiger partial charge in [-0.2, -0.15) is 0 Å². The van der Waals surface area contributed by atoms with Crippen LogP contribution in [0.3, 0.4) is 0 Å². The molecular weight excluding hydrogens is 426 g/mol. The summed E-state index contributed by atoms with van der Waals surface area (Å²) in [5.41, 5.74) is 1.98. The number of anilines is 1. The van der Waals surface area contributed by atoms with Crippen molar-refractivity contribution in [3.63, 3.8) is 0 Å². The number of benzene rings is 3. The first kappa shape index (κ1) is 19.2. The molecule has 6 heteroatoms. The molecule has 0 heterocycles. The summed E-state index contributed by atoms with van der Waals surface area (Å²) in [6.45, 7) is 0. The molecule has 0 bridgehead atoms. The number of nitrogens with one attached hydrogen (secondary N) is 1. The van der Waals surface area contributed by atoms with Crippen LogP contribution in [0.15, 0.2) is 82.2 Å². The zero-order chi connectivity index (χ0) is 19.2. The Balaban J connectivity index is 1.73. The minimum absolute atomic E-state index is 0.0346. The summed E-state index contributed by atoms with van der Waals surface area (Å²) in [4.78, 5) is 24.9. The number of carbonyl (C=O) groups excluding carboxylic acids is 1. The number of carboxylic acids is 1. The van der Waals surface area contributed by atoms with Crippen molar-refractivity contribution in [2.24, 2.45) is 0 Å². The van der Waals surface area contributed by atoms with Gasteiger partial charge in [-0.1, -0.05) is 52.3 Å². The summed E-state index contributed by atoms with van der Waals surface area (Å²) in [5.74, 6) is -0.636. The van der Waals surface area contributed by atoms with Gasteiger partial charge in [0.1, 0.15) is 0 Å². The fourth-order valence-corrected chi connectivity index (χ4v) is 3.74. The predicted octanol–water partition coefficient (Wildman–Crippen LogP) is 5.69. The molecule has 2 N–H and O–H groups in total. The maximum absolute atomic E-state index is 12.6. The lowest BCUT2D eigenvalue weighted by Crippen LogP contribution is -2.14. The number of aromatic carboxylic acids is 1. The van der Waals surface area contributed by atoms with Gasteiger partial charge in [-0.15, -0.1) is 11.8 Å². The fraction of sp³-hybridized carbons (Fsp3) is 0.0476.